The Morgan fingerprint density at radius 1 is 1.24 bits per heavy atom. The topological polar surface area (TPSA) is 39.1 Å². The highest BCUT2D eigenvalue weighted by molar-refractivity contribution is 5.29. The van der Waals surface area contributed by atoms with Crippen molar-refractivity contribution in [2.45, 2.75) is 40.3 Å². The van der Waals surface area contributed by atoms with E-state index in [1.807, 2.05) is 30.8 Å². The molecule has 4 nitrogen and oxygen atoms in total. The van der Waals surface area contributed by atoms with E-state index in [0.717, 1.165) is 18.0 Å². The highest BCUT2D eigenvalue weighted by Gasteiger charge is 2.15. The summed E-state index contributed by atoms with van der Waals surface area (Å²) < 4.78 is 7.40. The molecule has 1 heterocycles. The molecule has 0 unspecified atom stereocenters. The monoisotopic (exact) mass is 287 g/mol. The molecule has 0 aliphatic heterocycles. The molecule has 21 heavy (non-hydrogen) atoms. The molecular weight excluding hydrogens is 262 g/mol. The smallest absolute Gasteiger partial charge is 0.119 e. The van der Waals surface area contributed by atoms with E-state index < -0.39 is 0 Å². The Kier molecular flexibility index (Phi) is 5.02. The SMILES string of the molecule is CCOc1ccc(CN[C@@H](C)c2c(C)nn(C)c2C)cc1. The average Bonchev–Trinajstić information content (AvgIpc) is 2.71. The Labute approximate surface area is 127 Å². The van der Waals surface area contributed by atoms with Gasteiger partial charge in [0.2, 0.25) is 0 Å². The summed E-state index contributed by atoms with van der Waals surface area (Å²) in [6, 6.07) is 8.53. The molecule has 4 heteroatoms. The first kappa shape index (κ1) is 15.6. The summed E-state index contributed by atoms with van der Waals surface area (Å²) in [5, 5.41) is 8.05. The Morgan fingerprint density at radius 2 is 1.90 bits per heavy atom. The van der Waals surface area contributed by atoms with Crippen LogP contribution >= 0.6 is 0 Å². The third-order valence-electron chi connectivity index (χ3n) is 3.84. The highest BCUT2D eigenvalue weighted by Crippen LogP contribution is 2.21. The predicted octanol–water partition coefficient (Wildman–Crippen LogP) is 3.29. The maximum Gasteiger partial charge on any atom is 0.119 e. The zero-order valence-electron chi connectivity index (χ0n) is 13.6. The number of rotatable bonds is 6. The molecule has 1 aromatic carbocycles. The van der Waals surface area contributed by atoms with Crippen molar-refractivity contribution in [1.29, 1.82) is 0 Å². The number of nitrogens with one attached hydrogen (secondary N) is 1. The summed E-state index contributed by atoms with van der Waals surface area (Å²) in [7, 11) is 1.99. The lowest BCUT2D eigenvalue weighted by molar-refractivity contribution is 0.340. The minimum atomic E-state index is 0.283. The number of hydrogen-bond donors (Lipinski definition) is 1. The lowest BCUT2D eigenvalue weighted by Gasteiger charge is -2.15. The molecule has 0 aliphatic rings. The van der Waals surface area contributed by atoms with Crippen LogP contribution in [0.5, 0.6) is 5.75 Å². The van der Waals surface area contributed by atoms with Crippen molar-refractivity contribution in [2.24, 2.45) is 7.05 Å². The minimum Gasteiger partial charge on any atom is -0.494 e. The third-order valence-corrected chi connectivity index (χ3v) is 3.84. The van der Waals surface area contributed by atoms with Gasteiger partial charge in [-0.25, -0.2) is 0 Å². The largest absolute Gasteiger partial charge is 0.494 e. The maximum atomic E-state index is 5.46. The number of benzene rings is 1. The van der Waals surface area contributed by atoms with Crippen LogP contribution in [0.25, 0.3) is 0 Å². The summed E-state index contributed by atoms with van der Waals surface area (Å²) in [6.07, 6.45) is 0. The number of nitrogens with zero attached hydrogens (tertiary/aromatic N) is 2. The van der Waals surface area contributed by atoms with Crippen LogP contribution in [0.2, 0.25) is 0 Å². The summed E-state index contributed by atoms with van der Waals surface area (Å²) >= 11 is 0. The molecule has 0 saturated heterocycles. The Bertz CT molecular complexity index is 587. The van der Waals surface area contributed by atoms with Crippen molar-refractivity contribution < 1.29 is 4.74 Å². The molecule has 0 aliphatic carbocycles. The van der Waals surface area contributed by atoms with E-state index in [-0.39, 0.29) is 6.04 Å². The second-order valence-electron chi connectivity index (χ2n) is 5.39. The van der Waals surface area contributed by atoms with Gasteiger partial charge < -0.3 is 10.1 Å². The summed E-state index contributed by atoms with van der Waals surface area (Å²) in [6.45, 7) is 9.90. The minimum absolute atomic E-state index is 0.283. The Morgan fingerprint density at radius 3 is 2.43 bits per heavy atom. The standard InChI is InChI=1S/C17H25N3O/c1-6-21-16-9-7-15(8-10-16)11-18-12(2)17-13(3)19-20(5)14(17)4/h7-10,12,18H,6,11H2,1-5H3/t12-/m0/s1. The lowest BCUT2D eigenvalue weighted by atomic mass is 10.1. The van der Waals surface area contributed by atoms with Crippen molar-refractivity contribution in [3.05, 3.63) is 46.8 Å². The van der Waals surface area contributed by atoms with Gasteiger partial charge in [-0.3, -0.25) is 4.68 Å². The Hall–Kier alpha value is -1.81. The van der Waals surface area contributed by atoms with Gasteiger partial charge >= 0.3 is 0 Å². The van der Waals surface area contributed by atoms with E-state index in [9.17, 15) is 0 Å². The zero-order chi connectivity index (χ0) is 15.4. The zero-order valence-corrected chi connectivity index (χ0v) is 13.6. The van der Waals surface area contributed by atoms with Crippen LogP contribution in [-0.2, 0) is 13.6 Å². The predicted molar refractivity (Wildman–Crippen MR) is 85.5 cm³/mol. The second-order valence-corrected chi connectivity index (χ2v) is 5.39. The first-order chi connectivity index (χ1) is 10.0. The number of aryl methyl sites for hydroxylation is 2. The first-order valence-corrected chi connectivity index (χ1v) is 7.48. The van der Waals surface area contributed by atoms with Crippen molar-refractivity contribution in [3.8, 4) is 5.75 Å². The van der Waals surface area contributed by atoms with E-state index >= 15 is 0 Å². The maximum absolute atomic E-state index is 5.46. The van der Waals surface area contributed by atoms with Gasteiger partial charge in [-0.05, 0) is 45.4 Å². The van der Waals surface area contributed by atoms with Crippen LogP contribution in [0.1, 0.15) is 42.4 Å². The molecular formula is C17H25N3O. The first-order valence-electron chi connectivity index (χ1n) is 7.48. The average molecular weight is 287 g/mol. The summed E-state index contributed by atoms with van der Waals surface area (Å²) in [5.41, 5.74) is 4.87. The van der Waals surface area contributed by atoms with E-state index in [0.29, 0.717) is 6.61 Å². The van der Waals surface area contributed by atoms with Gasteiger partial charge in [-0.15, -0.1) is 0 Å². The van der Waals surface area contributed by atoms with Gasteiger partial charge in [0.1, 0.15) is 5.75 Å². The van der Waals surface area contributed by atoms with Crippen LogP contribution in [0.3, 0.4) is 0 Å². The van der Waals surface area contributed by atoms with Crippen LogP contribution < -0.4 is 10.1 Å². The molecule has 1 atom stereocenters. The van der Waals surface area contributed by atoms with Crippen molar-refractivity contribution in [3.63, 3.8) is 0 Å². The van der Waals surface area contributed by atoms with Crippen LogP contribution in [0.4, 0.5) is 0 Å². The molecule has 2 rings (SSSR count). The highest BCUT2D eigenvalue weighted by atomic mass is 16.5. The van der Waals surface area contributed by atoms with Crippen molar-refractivity contribution in [1.82, 2.24) is 15.1 Å². The normalized spacial score (nSPS) is 12.4. The molecule has 114 valence electrons. The fourth-order valence-electron chi connectivity index (χ4n) is 2.66. The van der Waals surface area contributed by atoms with Crippen LogP contribution in [0, 0.1) is 13.8 Å². The molecule has 1 N–H and O–H groups in total. The number of ether oxygens (including phenoxy) is 1. The fraction of sp³-hybridized carbons (Fsp3) is 0.471. The molecule has 2 aromatic rings. The van der Waals surface area contributed by atoms with Gasteiger partial charge in [0.25, 0.3) is 0 Å². The van der Waals surface area contributed by atoms with Gasteiger partial charge in [-0.2, -0.15) is 5.10 Å². The van der Waals surface area contributed by atoms with Crippen LogP contribution in [-0.4, -0.2) is 16.4 Å². The molecule has 0 fully saturated rings. The van der Waals surface area contributed by atoms with E-state index in [1.54, 1.807) is 0 Å². The Balaban J connectivity index is 1.99. The van der Waals surface area contributed by atoms with Crippen LogP contribution in [0.15, 0.2) is 24.3 Å². The molecule has 0 saturated carbocycles. The molecule has 0 spiro atoms. The van der Waals surface area contributed by atoms with Crippen molar-refractivity contribution in [2.75, 3.05) is 6.61 Å². The van der Waals surface area contributed by atoms with E-state index in [1.165, 1.54) is 16.8 Å². The van der Waals surface area contributed by atoms with E-state index in [2.05, 4.69) is 43.3 Å². The quantitative estimate of drug-likeness (QED) is 0.886. The van der Waals surface area contributed by atoms with Crippen molar-refractivity contribution >= 4 is 0 Å². The van der Waals surface area contributed by atoms with Gasteiger partial charge in [0.05, 0.1) is 12.3 Å². The number of hydrogen-bond acceptors (Lipinski definition) is 3. The summed E-state index contributed by atoms with van der Waals surface area (Å²) in [5.74, 6) is 0.924. The molecule has 1 aromatic heterocycles. The lowest BCUT2D eigenvalue weighted by Crippen LogP contribution is -2.19. The second kappa shape index (κ2) is 6.76. The number of aromatic nitrogens is 2. The molecule has 0 amide bonds. The van der Waals surface area contributed by atoms with Gasteiger partial charge in [0, 0.05) is 30.9 Å². The van der Waals surface area contributed by atoms with E-state index in [4.69, 9.17) is 4.74 Å². The van der Waals surface area contributed by atoms with Gasteiger partial charge in [-0.1, -0.05) is 12.1 Å². The molecule has 0 bridgehead atoms. The van der Waals surface area contributed by atoms with Gasteiger partial charge in [0.15, 0.2) is 0 Å². The fourth-order valence-corrected chi connectivity index (χ4v) is 2.66. The molecule has 0 radical (unpaired) electrons. The third kappa shape index (κ3) is 3.64. The summed E-state index contributed by atoms with van der Waals surface area (Å²) in [4.78, 5) is 0.